The Bertz CT molecular complexity index is 648. The van der Waals surface area contributed by atoms with E-state index in [1.807, 2.05) is 6.07 Å². The normalized spacial score (nSPS) is 14.1. The van der Waals surface area contributed by atoms with Crippen LogP contribution < -0.4 is 5.32 Å². The summed E-state index contributed by atoms with van der Waals surface area (Å²) in [6.45, 7) is 0. The largest absolute Gasteiger partial charge is 0.508 e. The maximum atomic E-state index is 14.0. The standard InChI is InChI=1S/C16H14FNO2/c17-15-9-11(10-1-2-10)3-8-14(15)16(20)18-12-4-6-13(19)7-5-12/h3-10,19H,1-2H2,(H,18,20). The van der Waals surface area contributed by atoms with Crippen LogP contribution in [0.3, 0.4) is 0 Å². The molecule has 0 radical (unpaired) electrons. The number of carbonyl (C=O) groups is 1. The molecule has 2 N–H and O–H groups in total. The molecule has 0 aromatic heterocycles. The van der Waals surface area contributed by atoms with Gasteiger partial charge in [-0.3, -0.25) is 4.79 Å². The van der Waals surface area contributed by atoms with Gasteiger partial charge in [0.25, 0.3) is 5.91 Å². The smallest absolute Gasteiger partial charge is 0.258 e. The van der Waals surface area contributed by atoms with Gasteiger partial charge in [-0.1, -0.05) is 6.07 Å². The molecule has 1 aliphatic rings. The van der Waals surface area contributed by atoms with Crippen molar-refractivity contribution in [1.29, 1.82) is 0 Å². The van der Waals surface area contributed by atoms with Crippen LogP contribution in [-0.4, -0.2) is 11.0 Å². The maximum Gasteiger partial charge on any atom is 0.258 e. The molecule has 0 heterocycles. The fourth-order valence-corrected chi connectivity index (χ4v) is 2.13. The lowest BCUT2D eigenvalue weighted by Gasteiger charge is -2.07. The van der Waals surface area contributed by atoms with E-state index in [-0.39, 0.29) is 11.3 Å². The molecule has 102 valence electrons. The Morgan fingerprint density at radius 3 is 2.45 bits per heavy atom. The van der Waals surface area contributed by atoms with Crippen LogP contribution >= 0.6 is 0 Å². The molecule has 1 saturated carbocycles. The van der Waals surface area contributed by atoms with Crippen LogP contribution in [0.2, 0.25) is 0 Å². The van der Waals surface area contributed by atoms with Crippen molar-refractivity contribution >= 4 is 11.6 Å². The molecule has 2 aromatic rings. The molecule has 3 rings (SSSR count). The van der Waals surface area contributed by atoms with Gasteiger partial charge in [0.15, 0.2) is 0 Å². The highest BCUT2D eigenvalue weighted by Gasteiger charge is 2.25. The first-order valence-electron chi connectivity index (χ1n) is 6.53. The average molecular weight is 271 g/mol. The summed E-state index contributed by atoms with van der Waals surface area (Å²) in [5.74, 6) is -0.414. The van der Waals surface area contributed by atoms with Crippen LogP contribution in [0, 0.1) is 5.82 Å². The van der Waals surface area contributed by atoms with E-state index in [1.165, 1.54) is 24.3 Å². The number of nitrogens with one attached hydrogen (secondary N) is 1. The first-order valence-corrected chi connectivity index (χ1v) is 6.53. The third-order valence-corrected chi connectivity index (χ3v) is 3.41. The van der Waals surface area contributed by atoms with Crippen molar-refractivity contribution in [2.45, 2.75) is 18.8 Å². The van der Waals surface area contributed by atoms with Gasteiger partial charge in [-0.15, -0.1) is 0 Å². The number of amides is 1. The Morgan fingerprint density at radius 2 is 1.85 bits per heavy atom. The van der Waals surface area contributed by atoms with E-state index in [2.05, 4.69) is 5.32 Å². The first-order chi connectivity index (χ1) is 9.63. The molecule has 0 bridgehead atoms. The maximum absolute atomic E-state index is 14.0. The third-order valence-electron chi connectivity index (χ3n) is 3.41. The number of aromatic hydroxyl groups is 1. The van der Waals surface area contributed by atoms with Gasteiger partial charge in [0.2, 0.25) is 0 Å². The Balaban J connectivity index is 1.78. The van der Waals surface area contributed by atoms with E-state index >= 15 is 0 Å². The second-order valence-electron chi connectivity index (χ2n) is 5.01. The lowest BCUT2D eigenvalue weighted by atomic mass is 10.1. The molecule has 1 fully saturated rings. The summed E-state index contributed by atoms with van der Waals surface area (Å²) in [7, 11) is 0. The minimum Gasteiger partial charge on any atom is -0.508 e. The average Bonchev–Trinajstić information content (AvgIpc) is 3.25. The SMILES string of the molecule is O=C(Nc1ccc(O)cc1)c1ccc(C2CC2)cc1F. The number of rotatable bonds is 3. The highest BCUT2D eigenvalue weighted by Crippen LogP contribution is 2.40. The van der Waals surface area contributed by atoms with Crippen LogP contribution in [0.1, 0.15) is 34.7 Å². The van der Waals surface area contributed by atoms with Gasteiger partial charge >= 0.3 is 0 Å². The summed E-state index contributed by atoms with van der Waals surface area (Å²) >= 11 is 0. The quantitative estimate of drug-likeness (QED) is 0.837. The number of halogens is 1. The summed E-state index contributed by atoms with van der Waals surface area (Å²) in [4.78, 5) is 12.0. The molecule has 0 aliphatic heterocycles. The molecule has 3 nitrogen and oxygen atoms in total. The first kappa shape index (κ1) is 12.7. The van der Waals surface area contributed by atoms with Crippen molar-refractivity contribution in [2.75, 3.05) is 5.32 Å². The minimum absolute atomic E-state index is 0.0301. The summed E-state index contributed by atoms with van der Waals surface area (Å²) in [5, 5.41) is 11.8. The zero-order valence-corrected chi connectivity index (χ0v) is 10.8. The summed E-state index contributed by atoms with van der Waals surface area (Å²) < 4.78 is 14.0. The molecule has 4 heteroatoms. The highest BCUT2D eigenvalue weighted by atomic mass is 19.1. The van der Waals surface area contributed by atoms with Crippen LogP contribution in [0.15, 0.2) is 42.5 Å². The minimum atomic E-state index is -0.495. The molecule has 20 heavy (non-hydrogen) atoms. The Kier molecular flexibility index (Phi) is 3.14. The summed E-state index contributed by atoms with van der Waals surface area (Å²) in [6.07, 6.45) is 2.19. The van der Waals surface area contributed by atoms with Crippen LogP contribution in [0.5, 0.6) is 5.75 Å². The Labute approximate surface area is 116 Å². The van der Waals surface area contributed by atoms with E-state index in [4.69, 9.17) is 5.11 Å². The second-order valence-corrected chi connectivity index (χ2v) is 5.01. The van der Waals surface area contributed by atoms with Gasteiger partial charge in [-0.25, -0.2) is 4.39 Å². The van der Waals surface area contributed by atoms with Gasteiger partial charge in [-0.05, 0) is 60.7 Å². The molecule has 2 aromatic carbocycles. The predicted molar refractivity (Wildman–Crippen MR) is 74.4 cm³/mol. The van der Waals surface area contributed by atoms with Crippen molar-refractivity contribution in [3.05, 3.63) is 59.4 Å². The van der Waals surface area contributed by atoms with E-state index in [0.29, 0.717) is 11.6 Å². The molecule has 0 saturated heterocycles. The van der Waals surface area contributed by atoms with Crippen molar-refractivity contribution in [3.63, 3.8) is 0 Å². The fraction of sp³-hybridized carbons (Fsp3) is 0.188. The second kappa shape index (κ2) is 4.96. The Morgan fingerprint density at radius 1 is 1.15 bits per heavy atom. The molecular weight excluding hydrogens is 257 g/mol. The third kappa shape index (κ3) is 2.64. The number of benzene rings is 2. The molecular formula is C16H14FNO2. The van der Waals surface area contributed by atoms with Crippen molar-refractivity contribution in [1.82, 2.24) is 0 Å². The zero-order valence-electron chi connectivity index (χ0n) is 10.8. The molecule has 0 spiro atoms. The number of phenols is 1. The van der Waals surface area contributed by atoms with Gasteiger partial charge in [-0.2, -0.15) is 0 Å². The lowest BCUT2D eigenvalue weighted by molar-refractivity contribution is 0.102. The topological polar surface area (TPSA) is 49.3 Å². The molecule has 0 atom stereocenters. The number of hydrogen-bond donors (Lipinski definition) is 2. The fourth-order valence-electron chi connectivity index (χ4n) is 2.13. The number of hydrogen-bond acceptors (Lipinski definition) is 2. The molecule has 0 unspecified atom stereocenters. The van der Waals surface area contributed by atoms with Gasteiger partial charge in [0.05, 0.1) is 5.56 Å². The van der Waals surface area contributed by atoms with Gasteiger partial charge in [0.1, 0.15) is 11.6 Å². The number of phenolic OH excluding ortho intramolecular Hbond substituents is 1. The highest BCUT2D eigenvalue weighted by molar-refractivity contribution is 6.04. The summed E-state index contributed by atoms with van der Waals surface area (Å²) in [5.41, 5.74) is 1.50. The number of anilines is 1. The number of carbonyl (C=O) groups excluding carboxylic acids is 1. The van der Waals surface area contributed by atoms with E-state index < -0.39 is 11.7 Å². The predicted octanol–water partition coefficient (Wildman–Crippen LogP) is 3.66. The van der Waals surface area contributed by atoms with Crippen molar-refractivity contribution < 1.29 is 14.3 Å². The summed E-state index contributed by atoms with van der Waals surface area (Å²) in [6, 6.07) is 10.8. The van der Waals surface area contributed by atoms with Crippen LogP contribution in [-0.2, 0) is 0 Å². The van der Waals surface area contributed by atoms with Gasteiger partial charge < -0.3 is 10.4 Å². The zero-order chi connectivity index (χ0) is 14.1. The van der Waals surface area contributed by atoms with Crippen molar-refractivity contribution in [3.8, 4) is 5.75 Å². The monoisotopic (exact) mass is 271 g/mol. The van der Waals surface area contributed by atoms with Crippen molar-refractivity contribution in [2.24, 2.45) is 0 Å². The van der Waals surface area contributed by atoms with E-state index in [0.717, 1.165) is 18.4 Å². The van der Waals surface area contributed by atoms with E-state index in [1.54, 1.807) is 12.1 Å². The van der Waals surface area contributed by atoms with Gasteiger partial charge in [0, 0.05) is 5.69 Å². The van der Waals surface area contributed by atoms with Crippen LogP contribution in [0.25, 0.3) is 0 Å². The Hall–Kier alpha value is -2.36. The molecule has 1 amide bonds. The molecule has 1 aliphatic carbocycles. The van der Waals surface area contributed by atoms with E-state index in [9.17, 15) is 9.18 Å². The van der Waals surface area contributed by atoms with Crippen LogP contribution in [0.4, 0.5) is 10.1 Å². The lowest BCUT2D eigenvalue weighted by Crippen LogP contribution is -2.13.